The van der Waals surface area contributed by atoms with Crippen LogP contribution in [-0.4, -0.2) is 44.5 Å². The van der Waals surface area contributed by atoms with Crippen LogP contribution in [0, 0.1) is 23.7 Å². The van der Waals surface area contributed by atoms with Crippen molar-refractivity contribution in [2.75, 3.05) is 23.3 Å². The second kappa shape index (κ2) is 15.8. The summed E-state index contributed by atoms with van der Waals surface area (Å²) in [6, 6.07) is 24.9. The summed E-state index contributed by atoms with van der Waals surface area (Å²) in [6.07, 6.45) is 15.4. The van der Waals surface area contributed by atoms with Crippen molar-refractivity contribution < 1.29 is 0 Å². The van der Waals surface area contributed by atoms with E-state index in [2.05, 4.69) is 80.0 Å². The van der Waals surface area contributed by atoms with Crippen LogP contribution in [0.1, 0.15) is 62.4 Å². The summed E-state index contributed by atoms with van der Waals surface area (Å²) >= 11 is 19.9. The van der Waals surface area contributed by atoms with Gasteiger partial charge >= 0.3 is 0 Å². The number of pyridine rings is 2. The highest BCUT2D eigenvalue weighted by Gasteiger charge is 2.36. The third kappa shape index (κ3) is 7.79. The fourth-order valence-electron chi connectivity index (χ4n) is 7.29. The maximum Gasteiger partial charge on any atom is 0.116 e. The topological polar surface area (TPSA) is 95.4 Å². The molecule has 12 heteroatoms. The maximum absolute atomic E-state index is 10.2. The summed E-state index contributed by atoms with van der Waals surface area (Å²) < 4.78 is 0. The molecule has 3 aromatic carbocycles. The number of aromatic nitrogens is 2. The minimum Gasteiger partial charge on any atom is -0.353 e. The zero-order chi connectivity index (χ0) is 38.0. The second-order valence-corrected chi connectivity index (χ2v) is 15.7. The normalized spacial score (nSPS) is 16.2. The van der Waals surface area contributed by atoms with Gasteiger partial charge in [0.25, 0.3) is 0 Å². The van der Waals surface area contributed by atoms with Gasteiger partial charge in [-0.05, 0) is 75.1 Å². The van der Waals surface area contributed by atoms with Gasteiger partial charge in [-0.3, -0.25) is 19.9 Å². The number of piperidine rings is 1. The van der Waals surface area contributed by atoms with Crippen molar-refractivity contribution in [2.45, 2.75) is 57.3 Å². The molecule has 1 fully saturated rings. The van der Waals surface area contributed by atoms with E-state index in [0.29, 0.717) is 48.6 Å². The van der Waals surface area contributed by atoms with Crippen LogP contribution >= 0.6 is 34.8 Å². The Bertz CT molecular complexity index is 2250. The predicted octanol–water partition coefficient (Wildman–Crippen LogP) is 9.56. The molecule has 0 bridgehead atoms. The monoisotopic (exact) mass is 775 g/mol. The molecular weight excluding hydrogens is 737 g/mol. The molecule has 2 aromatic heterocycles. The maximum atomic E-state index is 10.2. The number of likely N-dealkylation sites (tertiary alicyclic amines) is 1. The number of hydrogen-bond acceptors (Lipinski definition) is 9. The molecule has 4 heterocycles. The number of hydrogen-bond donors (Lipinski definition) is 3. The van der Waals surface area contributed by atoms with Crippen molar-refractivity contribution in [1.29, 1.82) is 5.26 Å². The Labute approximate surface area is 331 Å². The minimum absolute atomic E-state index is 0.121. The third-order valence-corrected chi connectivity index (χ3v) is 10.8. The summed E-state index contributed by atoms with van der Waals surface area (Å²) in [5, 5.41) is 17.9. The molecule has 9 nitrogen and oxygen atoms in total. The summed E-state index contributed by atoms with van der Waals surface area (Å²) in [5.74, 6) is 3.10. The van der Waals surface area contributed by atoms with Crippen LogP contribution < -0.4 is 21.2 Å². The lowest BCUT2D eigenvalue weighted by Crippen LogP contribution is -2.52. The van der Waals surface area contributed by atoms with Gasteiger partial charge in [0, 0.05) is 59.4 Å². The van der Waals surface area contributed by atoms with Crippen LogP contribution in [-0.2, 0) is 0 Å². The number of nitrogens with zero attached hydrogens (tertiary/aromatic N) is 6. The van der Waals surface area contributed by atoms with Gasteiger partial charge in [0.15, 0.2) is 0 Å². The van der Waals surface area contributed by atoms with Crippen LogP contribution in [0.4, 0.5) is 17.1 Å². The second-order valence-electron chi connectivity index (χ2n) is 14.5. The number of terminal acetylenes is 1. The number of hydrazine groups is 2. The Hall–Kier alpha value is -5.00. The average molecular weight is 777 g/mol. The number of nitrogens with one attached hydrogen (secondary N) is 3. The quantitative estimate of drug-likeness (QED) is 0.127. The zero-order valence-electron chi connectivity index (χ0n) is 30.2. The molecule has 5 aromatic rings. The van der Waals surface area contributed by atoms with Gasteiger partial charge in [0.05, 0.1) is 50.4 Å². The van der Waals surface area contributed by atoms with E-state index in [-0.39, 0.29) is 11.6 Å². The molecule has 0 amide bonds. The zero-order valence-corrected chi connectivity index (χ0v) is 32.5. The van der Waals surface area contributed by atoms with E-state index in [1.807, 2.05) is 66.7 Å². The lowest BCUT2D eigenvalue weighted by Gasteiger charge is -2.42. The van der Waals surface area contributed by atoms with Crippen LogP contribution in [0.3, 0.4) is 0 Å². The van der Waals surface area contributed by atoms with Gasteiger partial charge in [0.2, 0.25) is 0 Å². The van der Waals surface area contributed by atoms with Crippen LogP contribution in [0.25, 0.3) is 10.9 Å². The van der Waals surface area contributed by atoms with Crippen molar-refractivity contribution >= 4 is 62.8 Å². The van der Waals surface area contributed by atoms with Crippen molar-refractivity contribution in [2.24, 2.45) is 0 Å². The van der Waals surface area contributed by atoms with Crippen LogP contribution in [0.2, 0.25) is 15.1 Å². The number of anilines is 3. The largest absolute Gasteiger partial charge is 0.353 e. The van der Waals surface area contributed by atoms with Gasteiger partial charge in [-0.2, -0.15) is 5.26 Å². The lowest BCUT2D eigenvalue weighted by molar-refractivity contribution is 0.0570. The number of benzene rings is 3. The van der Waals surface area contributed by atoms with Gasteiger partial charge in [0.1, 0.15) is 12.1 Å². The molecule has 3 N–H and O–H groups in total. The van der Waals surface area contributed by atoms with Crippen molar-refractivity contribution in [3.63, 3.8) is 0 Å². The minimum atomic E-state index is -0.562. The summed E-state index contributed by atoms with van der Waals surface area (Å²) in [7, 11) is 0. The van der Waals surface area contributed by atoms with Crippen molar-refractivity contribution in [3.8, 4) is 18.4 Å². The molecule has 0 aliphatic carbocycles. The Morgan fingerprint density at radius 1 is 0.944 bits per heavy atom. The standard InChI is InChI=1S/C42H40Cl3N9/c1-5-38(27-9-7-6-8-10-27)54(34-20-35-39(49-32-19-31(44)24-47-25-32)29(22-46)23-48-40(35)36(45)21-34)41(28-11-13-30(43)14-12-28)37-26-53(51-50-37)33-15-17-52(18-16-33)42(2,3)4/h1,6-14,19-21,23-26,33,38,41,50-51H,15-18H2,2-4H3,(H,48,49). The Balaban J connectivity index is 1.40. The highest BCUT2D eigenvalue weighted by atomic mass is 35.5. The summed E-state index contributed by atoms with van der Waals surface area (Å²) in [6.45, 7) is 8.82. The summed E-state index contributed by atoms with van der Waals surface area (Å²) in [5.41, 5.74) is 12.5. The molecule has 2 unspecified atom stereocenters. The summed E-state index contributed by atoms with van der Waals surface area (Å²) in [4.78, 5) is 13.6. The first-order valence-electron chi connectivity index (χ1n) is 17.8. The fraction of sp³-hybridized carbons (Fsp3) is 0.262. The molecule has 2 aliphatic rings. The lowest BCUT2D eigenvalue weighted by atomic mass is 9.95. The van der Waals surface area contributed by atoms with E-state index in [4.69, 9.17) is 41.2 Å². The molecule has 2 aliphatic heterocycles. The van der Waals surface area contributed by atoms with E-state index in [0.717, 1.165) is 42.8 Å². The number of nitriles is 1. The van der Waals surface area contributed by atoms with Crippen molar-refractivity contribution in [3.05, 3.63) is 135 Å². The molecule has 274 valence electrons. The number of fused-ring (bicyclic) bond motifs is 1. The van der Waals surface area contributed by atoms with Gasteiger partial charge in [-0.1, -0.05) is 83.2 Å². The predicted molar refractivity (Wildman–Crippen MR) is 219 cm³/mol. The molecule has 0 saturated carbocycles. The average Bonchev–Trinajstić information content (AvgIpc) is 3.66. The first-order chi connectivity index (χ1) is 26.0. The Morgan fingerprint density at radius 3 is 2.35 bits per heavy atom. The SMILES string of the molecule is C#CC(c1ccccc1)N(c1cc(Cl)c2ncc(C#N)c(Nc3cncc(Cl)c3)c2c1)C(C1=CN(C2CCN(C(C)(C)C)CC2)NN1)c1ccc(Cl)cc1. The first-order valence-corrected chi connectivity index (χ1v) is 18.9. The first kappa shape index (κ1) is 37.3. The highest BCUT2D eigenvalue weighted by Crippen LogP contribution is 2.44. The van der Waals surface area contributed by atoms with Gasteiger partial charge in [-0.15, -0.1) is 12.0 Å². The van der Waals surface area contributed by atoms with E-state index >= 15 is 0 Å². The van der Waals surface area contributed by atoms with Gasteiger partial charge in [-0.25, -0.2) is 0 Å². The molecule has 7 rings (SSSR count). The Morgan fingerprint density at radius 2 is 1.69 bits per heavy atom. The molecule has 0 radical (unpaired) electrons. The van der Waals surface area contributed by atoms with Gasteiger partial charge < -0.3 is 15.6 Å². The van der Waals surface area contributed by atoms with Crippen molar-refractivity contribution in [1.82, 2.24) is 30.8 Å². The Kier molecular flexibility index (Phi) is 10.9. The smallest absolute Gasteiger partial charge is 0.116 e. The van der Waals surface area contributed by atoms with Crippen LogP contribution in [0.5, 0.6) is 0 Å². The van der Waals surface area contributed by atoms with E-state index in [1.54, 1.807) is 18.5 Å². The van der Waals surface area contributed by atoms with E-state index in [9.17, 15) is 5.26 Å². The fourth-order valence-corrected chi connectivity index (χ4v) is 7.85. The molecular formula is C42H40Cl3N9. The molecule has 54 heavy (non-hydrogen) atoms. The number of rotatable bonds is 9. The third-order valence-electron chi connectivity index (χ3n) is 10.0. The molecule has 0 spiro atoms. The number of halogens is 3. The van der Waals surface area contributed by atoms with E-state index in [1.165, 1.54) is 6.20 Å². The molecule has 1 saturated heterocycles. The van der Waals surface area contributed by atoms with E-state index < -0.39 is 12.1 Å². The highest BCUT2D eigenvalue weighted by molar-refractivity contribution is 6.36. The van der Waals surface area contributed by atoms with Crippen LogP contribution in [0.15, 0.2) is 103 Å². The molecule has 2 atom stereocenters.